The van der Waals surface area contributed by atoms with Crippen LogP contribution in [0.25, 0.3) is 0 Å². The van der Waals surface area contributed by atoms with Gasteiger partial charge in [0.1, 0.15) is 17.0 Å². The van der Waals surface area contributed by atoms with Gasteiger partial charge in [0.25, 0.3) is 0 Å². The molecular weight excluding hydrogens is 296 g/mol. The number of methoxy groups -OCH3 is 2. The number of carbonyl (C=O) groups is 2. The Labute approximate surface area is 136 Å². The molecule has 1 aliphatic rings. The highest BCUT2D eigenvalue weighted by molar-refractivity contribution is 6.01. The Bertz CT molecular complexity index is 588. The second-order valence-corrected chi connectivity index (χ2v) is 5.71. The average molecular weight is 320 g/mol. The quantitative estimate of drug-likeness (QED) is 0.874. The molecule has 23 heavy (non-hydrogen) atoms. The molecule has 2 N–H and O–H groups in total. The molecule has 1 aliphatic heterocycles. The molecule has 1 aromatic rings. The Kier molecular flexibility index (Phi) is 5.47. The number of hydrogen-bond acceptors (Lipinski definition) is 4. The third kappa shape index (κ3) is 3.75. The van der Waals surface area contributed by atoms with Crippen molar-refractivity contribution in [3.8, 4) is 11.5 Å². The van der Waals surface area contributed by atoms with Crippen LogP contribution in [0.5, 0.6) is 11.5 Å². The first-order chi connectivity index (χ1) is 11.0. The summed E-state index contributed by atoms with van der Waals surface area (Å²) in [6.45, 7) is 1.91. The van der Waals surface area contributed by atoms with Crippen LogP contribution in [0.4, 0.5) is 5.69 Å². The fourth-order valence-electron chi connectivity index (χ4n) is 2.85. The van der Waals surface area contributed by atoms with Gasteiger partial charge in [-0.05, 0) is 31.4 Å². The molecule has 0 spiro atoms. The zero-order valence-corrected chi connectivity index (χ0v) is 13.9. The van der Waals surface area contributed by atoms with Crippen LogP contribution < -0.4 is 20.1 Å². The predicted octanol–water partition coefficient (Wildman–Crippen LogP) is 2.48. The lowest BCUT2D eigenvalue weighted by Gasteiger charge is -2.31. The lowest BCUT2D eigenvalue weighted by molar-refractivity contribution is -0.130. The molecule has 1 aromatic carbocycles. The van der Waals surface area contributed by atoms with Gasteiger partial charge in [0, 0.05) is 12.5 Å². The van der Waals surface area contributed by atoms with Crippen molar-refractivity contribution in [3.63, 3.8) is 0 Å². The summed E-state index contributed by atoms with van der Waals surface area (Å²) in [4.78, 5) is 24.8. The molecule has 0 aromatic heterocycles. The Hall–Kier alpha value is -2.24. The molecule has 1 atom stereocenters. The molecule has 2 rings (SSSR count). The second kappa shape index (κ2) is 7.35. The van der Waals surface area contributed by atoms with Crippen molar-refractivity contribution in [3.05, 3.63) is 18.2 Å². The predicted molar refractivity (Wildman–Crippen MR) is 87.8 cm³/mol. The number of ether oxygens (including phenoxy) is 2. The van der Waals surface area contributed by atoms with Crippen LogP contribution in [0.1, 0.15) is 39.0 Å². The van der Waals surface area contributed by atoms with Crippen LogP contribution in [0, 0.1) is 0 Å². The molecule has 6 nitrogen and oxygen atoms in total. The molecule has 2 amide bonds. The van der Waals surface area contributed by atoms with Crippen LogP contribution in [0.3, 0.4) is 0 Å². The zero-order chi connectivity index (χ0) is 16.9. The zero-order valence-electron chi connectivity index (χ0n) is 13.9. The minimum Gasteiger partial charge on any atom is -0.497 e. The summed E-state index contributed by atoms with van der Waals surface area (Å²) in [5.41, 5.74) is -0.343. The van der Waals surface area contributed by atoms with Gasteiger partial charge in [-0.25, -0.2) is 0 Å². The smallest absolute Gasteiger partial charge is 0.250 e. The van der Waals surface area contributed by atoms with Crippen LogP contribution in [0.2, 0.25) is 0 Å². The molecule has 1 saturated heterocycles. The van der Waals surface area contributed by atoms with Gasteiger partial charge < -0.3 is 20.1 Å². The first-order valence-corrected chi connectivity index (χ1v) is 7.89. The third-order valence-electron chi connectivity index (χ3n) is 4.33. The normalized spacial score (nSPS) is 21.1. The number of nitrogens with one attached hydrogen (secondary N) is 2. The van der Waals surface area contributed by atoms with Gasteiger partial charge in [-0.1, -0.05) is 13.3 Å². The minimum atomic E-state index is -0.873. The Balaban J connectivity index is 2.27. The lowest BCUT2D eigenvalue weighted by Crippen LogP contribution is -2.55. The van der Waals surface area contributed by atoms with Gasteiger partial charge in [0.15, 0.2) is 0 Å². The number of carbonyl (C=O) groups excluding carboxylic acids is 2. The number of hydrogen-bond donors (Lipinski definition) is 2. The maximum Gasteiger partial charge on any atom is 0.250 e. The van der Waals surface area contributed by atoms with Gasteiger partial charge in [-0.15, -0.1) is 0 Å². The van der Waals surface area contributed by atoms with E-state index in [1.165, 1.54) is 0 Å². The Morgan fingerprint density at radius 1 is 1.30 bits per heavy atom. The summed E-state index contributed by atoms with van der Waals surface area (Å²) < 4.78 is 10.5. The van der Waals surface area contributed by atoms with Crippen LogP contribution >= 0.6 is 0 Å². The highest BCUT2D eigenvalue weighted by Gasteiger charge is 2.39. The monoisotopic (exact) mass is 320 g/mol. The van der Waals surface area contributed by atoms with Crippen molar-refractivity contribution in [2.75, 3.05) is 19.5 Å². The van der Waals surface area contributed by atoms with Gasteiger partial charge in [-0.2, -0.15) is 0 Å². The second-order valence-electron chi connectivity index (χ2n) is 5.71. The number of rotatable bonds is 5. The molecule has 1 unspecified atom stereocenters. The van der Waals surface area contributed by atoms with Crippen molar-refractivity contribution in [1.82, 2.24) is 5.32 Å². The molecule has 0 aliphatic carbocycles. The molecule has 126 valence electrons. The van der Waals surface area contributed by atoms with Gasteiger partial charge in [0.05, 0.1) is 19.9 Å². The summed E-state index contributed by atoms with van der Waals surface area (Å²) in [7, 11) is 3.10. The van der Waals surface area contributed by atoms with Gasteiger partial charge in [0.2, 0.25) is 11.8 Å². The van der Waals surface area contributed by atoms with E-state index in [0.29, 0.717) is 36.4 Å². The maximum absolute atomic E-state index is 12.9. The summed E-state index contributed by atoms with van der Waals surface area (Å²) in [5, 5.41) is 5.79. The third-order valence-corrected chi connectivity index (χ3v) is 4.33. The van der Waals surface area contributed by atoms with E-state index in [9.17, 15) is 9.59 Å². The van der Waals surface area contributed by atoms with E-state index < -0.39 is 5.54 Å². The van der Waals surface area contributed by atoms with E-state index in [-0.39, 0.29) is 11.8 Å². The summed E-state index contributed by atoms with van der Waals surface area (Å²) >= 11 is 0. The Morgan fingerprint density at radius 3 is 2.74 bits per heavy atom. The average Bonchev–Trinajstić information content (AvgIpc) is 2.76. The molecule has 1 heterocycles. The largest absolute Gasteiger partial charge is 0.497 e. The summed E-state index contributed by atoms with van der Waals surface area (Å²) in [5.74, 6) is 0.876. The molecule has 0 bridgehead atoms. The molecule has 6 heteroatoms. The number of anilines is 1. The fraction of sp³-hybridized carbons (Fsp3) is 0.529. The SMILES string of the molecule is CCC1(C(=O)Nc2cc(OC)ccc2OC)CCCCC(=O)N1. The van der Waals surface area contributed by atoms with Crippen molar-refractivity contribution < 1.29 is 19.1 Å². The molecular formula is C17H24N2O4. The first-order valence-electron chi connectivity index (χ1n) is 7.89. The van der Waals surface area contributed by atoms with Crippen LogP contribution in [-0.2, 0) is 9.59 Å². The molecule has 1 fully saturated rings. The first kappa shape index (κ1) is 17.1. The van der Waals surface area contributed by atoms with E-state index in [2.05, 4.69) is 10.6 Å². The Morgan fingerprint density at radius 2 is 2.09 bits per heavy atom. The van der Waals surface area contributed by atoms with E-state index >= 15 is 0 Å². The van der Waals surface area contributed by atoms with Crippen molar-refractivity contribution in [2.45, 2.75) is 44.6 Å². The highest BCUT2D eigenvalue weighted by Crippen LogP contribution is 2.31. The van der Waals surface area contributed by atoms with Crippen LogP contribution in [0.15, 0.2) is 18.2 Å². The fourth-order valence-corrected chi connectivity index (χ4v) is 2.85. The molecule has 0 saturated carbocycles. The van der Waals surface area contributed by atoms with Crippen molar-refractivity contribution in [1.29, 1.82) is 0 Å². The maximum atomic E-state index is 12.9. The van der Waals surface area contributed by atoms with Gasteiger partial charge in [-0.3, -0.25) is 9.59 Å². The van der Waals surface area contributed by atoms with Crippen molar-refractivity contribution >= 4 is 17.5 Å². The van der Waals surface area contributed by atoms with E-state index in [4.69, 9.17) is 9.47 Å². The summed E-state index contributed by atoms with van der Waals surface area (Å²) in [6, 6.07) is 5.20. The summed E-state index contributed by atoms with van der Waals surface area (Å²) in [6.07, 6.45) is 3.29. The van der Waals surface area contributed by atoms with E-state index in [1.807, 2.05) is 6.92 Å². The van der Waals surface area contributed by atoms with E-state index in [1.54, 1.807) is 32.4 Å². The minimum absolute atomic E-state index is 0.0721. The highest BCUT2D eigenvalue weighted by atomic mass is 16.5. The number of benzene rings is 1. The van der Waals surface area contributed by atoms with Gasteiger partial charge >= 0.3 is 0 Å². The van der Waals surface area contributed by atoms with Crippen molar-refractivity contribution in [2.24, 2.45) is 0 Å². The molecule has 0 radical (unpaired) electrons. The van der Waals surface area contributed by atoms with E-state index in [0.717, 1.165) is 12.8 Å². The van der Waals surface area contributed by atoms with Crippen LogP contribution in [-0.4, -0.2) is 31.6 Å². The lowest BCUT2D eigenvalue weighted by atomic mass is 9.89. The topological polar surface area (TPSA) is 76.7 Å². The number of amides is 2. The standard InChI is InChI=1S/C17H24N2O4/c1-4-17(10-6-5-7-15(20)19-17)16(21)18-13-11-12(22-2)8-9-14(13)23-3/h8-9,11H,4-7,10H2,1-3H3,(H,18,21)(H,19,20).